The highest BCUT2D eigenvalue weighted by Gasteiger charge is 2.11. The molecule has 7 heteroatoms. The number of anilines is 2. The summed E-state index contributed by atoms with van der Waals surface area (Å²) in [5.74, 6) is 0.267. The third-order valence-corrected chi connectivity index (χ3v) is 5.78. The summed E-state index contributed by atoms with van der Waals surface area (Å²) in [7, 11) is 0. The molecule has 4 rings (SSSR count). The summed E-state index contributed by atoms with van der Waals surface area (Å²) in [6, 6.07) is 26.4. The molecule has 4 aromatic carbocycles. The topological polar surface area (TPSA) is 93.7 Å². The lowest BCUT2D eigenvalue weighted by Crippen LogP contribution is -2.21. The summed E-state index contributed by atoms with van der Waals surface area (Å²) in [6.07, 6.45) is 0.499. The number of nitrogens with one attached hydrogen (secondary N) is 2. The number of rotatable bonds is 10. The van der Waals surface area contributed by atoms with Crippen LogP contribution in [0.25, 0.3) is 10.8 Å². The molecular formula is C31H30N2O5. The lowest BCUT2D eigenvalue weighted by molar-refractivity contribution is -0.147. The third kappa shape index (κ3) is 7.67. The van der Waals surface area contributed by atoms with Crippen molar-refractivity contribution in [2.75, 3.05) is 17.2 Å². The molecule has 0 heterocycles. The second kappa shape index (κ2) is 12.5. The molecule has 38 heavy (non-hydrogen) atoms. The van der Waals surface area contributed by atoms with Crippen LogP contribution in [0, 0.1) is 13.8 Å². The molecule has 0 radical (unpaired) electrons. The van der Waals surface area contributed by atoms with E-state index < -0.39 is 11.9 Å². The van der Waals surface area contributed by atoms with E-state index in [-0.39, 0.29) is 25.4 Å². The van der Waals surface area contributed by atoms with Crippen molar-refractivity contribution in [3.05, 3.63) is 96.1 Å². The van der Waals surface area contributed by atoms with Crippen LogP contribution in [0.15, 0.2) is 84.9 Å². The smallest absolute Gasteiger partial charge is 0.306 e. The lowest BCUT2D eigenvalue weighted by Gasteiger charge is -2.10. The fourth-order valence-electron chi connectivity index (χ4n) is 4.09. The molecule has 0 atom stereocenters. The van der Waals surface area contributed by atoms with Crippen LogP contribution >= 0.6 is 0 Å². The molecule has 0 unspecified atom stereocenters. The summed E-state index contributed by atoms with van der Waals surface area (Å²) < 4.78 is 11.0. The number of benzene rings is 4. The van der Waals surface area contributed by atoms with Gasteiger partial charge in [-0.15, -0.1) is 0 Å². The van der Waals surface area contributed by atoms with E-state index in [1.54, 1.807) is 30.3 Å². The molecule has 2 N–H and O–H groups in total. The van der Waals surface area contributed by atoms with Crippen LogP contribution in [0.5, 0.6) is 11.5 Å². The zero-order valence-electron chi connectivity index (χ0n) is 21.5. The van der Waals surface area contributed by atoms with Gasteiger partial charge in [0.1, 0.15) is 11.5 Å². The molecule has 194 valence electrons. The maximum absolute atomic E-state index is 12.3. The van der Waals surface area contributed by atoms with Gasteiger partial charge in [0.25, 0.3) is 5.91 Å². The number of hydrogen-bond acceptors (Lipinski definition) is 5. The SMILES string of the molecule is Cc1cc(C)cc(Oc2ccc(NC(=O)CCCC(=O)OCC(=O)Nc3cccc4ccccc34)cc2)c1. The standard InChI is InChI=1S/C31H30N2O5/c1-21-17-22(2)19-26(18-21)38-25-15-13-24(14-16-25)32-29(34)11-6-12-31(36)37-20-30(35)33-28-10-5-8-23-7-3-4-9-27(23)28/h3-5,7-10,13-19H,6,11-12,20H2,1-2H3,(H,32,34)(H,33,35). The molecule has 0 spiro atoms. The number of ether oxygens (including phenoxy) is 2. The van der Waals surface area contributed by atoms with E-state index in [9.17, 15) is 14.4 Å². The van der Waals surface area contributed by atoms with E-state index in [1.165, 1.54) is 0 Å². The summed E-state index contributed by atoms with van der Waals surface area (Å²) in [5.41, 5.74) is 3.54. The van der Waals surface area contributed by atoms with Gasteiger partial charge in [0, 0.05) is 29.6 Å². The molecule has 0 saturated heterocycles. The predicted molar refractivity (Wildman–Crippen MR) is 148 cm³/mol. The van der Waals surface area contributed by atoms with Crippen LogP contribution in [-0.2, 0) is 19.1 Å². The van der Waals surface area contributed by atoms with Crippen molar-refractivity contribution >= 4 is 39.9 Å². The Kier molecular flexibility index (Phi) is 8.72. The second-order valence-corrected chi connectivity index (χ2v) is 9.09. The molecule has 2 amide bonds. The highest BCUT2D eigenvalue weighted by molar-refractivity contribution is 6.02. The molecule has 0 aliphatic rings. The van der Waals surface area contributed by atoms with Crippen LogP contribution in [0.3, 0.4) is 0 Å². The van der Waals surface area contributed by atoms with Crippen LogP contribution in [-0.4, -0.2) is 24.4 Å². The Morgan fingerprint density at radius 2 is 1.42 bits per heavy atom. The number of carbonyl (C=O) groups excluding carboxylic acids is 3. The van der Waals surface area contributed by atoms with Crippen molar-refractivity contribution in [2.24, 2.45) is 0 Å². The predicted octanol–water partition coefficient (Wildman–Crippen LogP) is 6.54. The summed E-state index contributed by atoms with van der Waals surface area (Å²) >= 11 is 0. The van der Waals surface area contributed by atoms with Gasteiger partial charge in [-0.3, -0.25) is 14.4 Å². The van der Waals surface area contributed by atoms with Crippen LogP contribution in [0.2, 0.25) is 0 Å². The number of amides is 2. The van der Waals surface area contributed by atoms with Gasteiger partial charge < -0.3 is 20.1 Å². The first kappa shape index (κ1) is 26.4. The fourth-order valence-corrected chi connectivity index (χ4v) is 4.09. The van der Waals surface area contributed by atoms with Gasteiger partial charge in [0.2, 0.25) is 5.91 Å². The van der Waals surface area contributed by atoms with Crippen LogP contribution in [0.1, 0.15) is 30.4 Å². The van der Waals surface area contributed by atoms with Gasteiger partial charge in [0.15, 0.2) is 6.61 Å². The molecular weight excluding hydrogens is 480 g/mol. The number of esters is 1. The van der Waals surface area contributed by atoms with Gasteiger partial charge in [-0.1, -0.05) is 42.5 Å². The Morgan fingerprint density at radius 3 is 2.18 bits per heavy atom. The molecule has 0 aromatic heterocycles. The van der Waals surface area contributed by atoms with E-state index in [0.29, 0.717) is 23.5 Å². The molecule has 0 fully saturated rings. The molecule has 0 aliphatic carbocycles. The first-order valence-electron chi connectivity index (χ1n) is 12.4. The molecule has 0 bridgehead atoms. The lowest BCUT2D eigenvalue weighted by atomic mass is 10.1. The minimum atomic E-state index is -0.529. The van der Waals surface area contributed by atoms with Gasteiger partial charge in [-0.25, -0.2) is 0 Å². The van der Waals surface area contributed by atoms with E-state index >= 15 is 0 Å². The average molecular weight is 511 g/mol. The monoisotopic (exact) mass is 510 g/mol. The average Bonchev–Trinajstić information content (AvgIpc) is 2.88. The first-order chi connectivity index (χ1) is 18.4. The normalized spacial score (nSPS) is 10.6. The first-order valence-corrected chi connectivity index (χ1v) is 12.4. The van der Waals surface area contributed by atoms with E-state index in [1.807, 2.05) is 62.4 Å². The van der Waals surface area contributed by atoms with Crippen molar-refractivity contribution in [2.45, 2.75) is 33.1 Å². The number of fused-ring (bicyclic) bond motifs is 1. The number of hydrogen-bond donors (Lipinski definition) is 2. The van der Waals surface area contributed by atoms with E-state index in [2.05, 4.69) is 16.7 Å². The number of aryl methyl sites for hydroxylation is 2. The molecule has 7 nitrogen and oxygen atoms in total. The van der Waals surface area contributed by atoms with Crippen molar-refractivity contribution in [1.82, 2.24) is 0 Å². The van der Waals surface area contributed by atoms with Gasteiger partial charge >= 0.3 is 5.97 Å². The summed E-state index contributed by atoms with van der Waals surface area (Å²) in [5, 5.41) is 7.49. The van der Waals surface area contributed by atoms with E-state index in [4.69, 9.17) is 9.47 Å². The maximum atomic E-state index is 12.3. The largest absolute Gasteiger partial charge is 0.457 e. The second-order valence-electron chi connectivity index (χ2n) is 9.09. The molecule has 0 saturated carbocycles. The highest BCUT2D eigenvalue weighted by Crippen LogP contribution is 2.25. The van der Waals surface area contributed by atoms with Crippen molar-refractivity contribution < 1.29 is 23.9 Å². The minimum absolute atomic E-state index is 0.0393. The van der Waals surface area contributed by atoms with Gasteiger partial charge in [-0.05, 0) is 79.2 Å². The Bertz CT molecular complexity index is 1420. The third-order valence-electron chi connectivity index (χ3n) is 5.78. The van der Waals surface area contributed by atoms with Crippen molar-refractivity contribution in [1.29, 1.82) is 0 Å². The Labute approximate surface area is 221 Å². The molecule has 0 aliphatic heterocycles. The van der Waals surface area contributed by atoms with Crippen molar-refractivity contribution in [3.63, 3.8) is 0 Å². The Hall–Kier alpha value is -4.65. The quantitative estimate of drug-likeness (QED) is 0.236. The minimum Gasteiger partial charge on any atom is -0.457 e. The van der Waals surface area contributed by atoms with Crippen LogP contribution in [0.4, 0.5) is 11.4 Å². The zero-order valence-corrected chi connectivity index (χ0v) is 21.5. The maximum Gasteiger partial charge on any atom is 0.306 e. The summed E-state index contributed by atoms with van der Waals surface area (Å²) in [4.78, 5) is 36.5. The highest BCUT2D eigenvalue weighted by atomic mass is 16.5. The zero-order chi connectivity index (χ0) is 26.9. The molecule has 4 aromatic rings. The number of carbonyl (C=O) groups is 3. The Balaban J connectivity index is 1.15. The summed E-state index contributed by atoms with van der Waals surface area (Å²) in [6.45, 7) is 3.65. The van der Waals surface area contributed by atoms with Crippen LogP contribution < -0.4 is 15.4 Å². The fraction of sp³-hybridized carbons (Fsp3) is 0.194. The Morgan fingerprint density at radius 1 is 0.711 bits per heavy atom. The van der Waals surface area contributed by atoms with E-state index in [0.717, 1.165) is 27.6 Å². The van der Waals surface area contributed by atoms with Gasteiger partial charge in [-0.2, -0.15) is 0 Å². The van der Waals surface area contributed by atoms with Gasteiger partial charge in [0.05, 0.1) is 0 Å². The van der Waals surface area contributed by atoms with Crippen molar-refractivity contribution in [3.8, 4) is 11.5 Å².